The van der Waals surface area contributed by atoms with Crippen LogP contribution in [0.5, 0.6) is 0 Å². The second-order valence-corrected chi connectivity index (χ2v) is 13.8. The lowest BCUT2D eigenvalue weighted by molar-refractivity contribution is -0.141. The monoisotopic (exact) mass is 838 g/mol. The number of nitrogens with one attached hydrogen (secondary N) is 4. The number of amides is 4. The second-order valence-electron chi connectivity index (χ2n) is 13.8. The van der Waals surface area contributed by atoms with Gasteiger partial charge in [-0.25, -0.2) is 14.4 Å². The van der Waals surface area contributed by atoms with Crippen LogP contribution in [0.1, 0.15) is 48.0 Å². The van der Waals surface area contributed by atoms with Crippen LogP contribution in [0, 0.1) is 0 Å². The molecule has 0 aliphatic carbocycles. The molecule has 1 fully saturated rings. The molecule has 23 nitrogen and oxygen atoms in total. The molecule has 0 saturated carbocycles. The number of unbranched alkanes of at least 4 members (excludes halogenated alkanes) is 1. The van der Waals surface area contributed by atoms with E-state index in [0.717, 1.165) is 0 Å². The van der Waals surface area contributed by atoms with Crippen LogP contribution in [0.25, 0.3) is 0 Å². The predicted molar refractivity (Wildman–Crippen MR) is 205 cm³/mol. The van der Waals surface area contributed by atoms with Crippen molar-refractivity contribution >= 4 is 53.7 Å². The molecule has 2 rings (SSSR count). The first-order valence-corrected chi connectivity index (χ1v) is 18.8. The number of carbonyl (C=O) groups is 9. The van der Waals surface area contributed by atoms with E-state index in [4.69, 9.17) is 5.11 Å². The van der Waals surface area contributed by atoms with Crippen molar-refractivity contribution in [2.75, 3.05) is 85.1 Å². The number of rotatable bonds is 23. The minimum Gasteiger partial charge on any atom is -0.481 e. The average molecular weight is 839 g/mol. The highest BCUT2D eigenvalue weighted by Gasteiger charge is 2.25. The van der Waals surface area contributed by atoms with Crippen LogP contribution in [0.15, 0.2) is 24.3 Å². The van der Waals surface area contributed by atoms with Crippen molar-refractivity contribution in [2.45, 2.75) is 50.7 Å². The summed E-state index contributed by atoms with van der Waals surface area (Å²) >= 11 is 0. The van der Waals surface area contributed by atoms with Crippen molar-refractivity contribution < 1.29 is 73.8 Å². The Labute approximate surface area is 339 Å². The van der Waals surface area contributed by atoms with Crippen molar-refractivity contribution in [3.63, 3.8) is 0 Å². The molecule has 1 aliphatic rings. The van der Waals surface area contributed by atoms with E-state index >= 15 is 0 Å². The van der Waals surface area contributed by atoms with Crippen molar-refractivity contribution in [1.29, 1.82) is 0 Å². The normalized spacial score (nSPS) is 15.9. The zero-order valence-electron chi connectivity index (χ0n) is 32.5. The van der Waals surface area contributed by atoms with E-state index in [2.05, 4.69) is 21.3 Å². The van der Waals surface area contributed by atoms with Gasteiger partial charge >= 0.3 is 41.8 Å². The summed E-state index contributed by atoms with van der Waals surface area (Å²) in [5.41, 5.74) is 1.00. The summed E-state index contributed by atoms with van der Waals surface area (Å²) in [6.07, 6.45) is -0.339. The molecule has 328 valence electrons. The zero-order chi connectivity index (χ0) is 43.9. The summed E-state index contributed by atoms with van der Waals surface area (Å²) in [7, 11) is 0. The van der Waals surface area contributed by atoms with Gasteiger partial charge in [0.25, 0.3) is 5.91 Å². The summed E-state index contributed by atoms with van der Waals surface area (Å²) in [5.74, 6) is -8.03. The molecule has 1 saturated heterocycles. The molecular formula is C36H54N8O15. The summed E-state index contributed by atoms with van der Waals surface area (Å²) in [5, 5.41) is 65.3. The smallest absolute Gasteiger partial charge is 0.326 e. The maximum Gasteiger partial charge on any atom is 0.326 e. The van der Waals surface area contributed by atoms with Gasteiger partial charge in [-0.15, -0.1) is 0 Å². The molecule has 1 aromatic carbocycles. The van der Waals surface area contributed by atoms with Gasteiger partial charge in [-0.3, -0.25) is 48.4 Å². The Bertz CT molecular complexity index is 1580. The standard InChI is InChI=1S/C36H54N8O15/c45-28(20-41-11-13-42(21-30(48)49)15-17-44(23-32(52)53)18-16-43(14-12-41)22-31(50)51)38-19-24-4-6-25(7-5-24)33(54)37-10-2-1-3-26(34(55)56)39-36(59)40-27(35(57)58)8-9-29(46)47/h4-7,26-27H,1-3,8-23H2,(H,37,54)(H,38,45)(H,46,47)(H,48,49)(H,50,51)(H,52,53)(H,55,56)(H,57,58)(H2,39,40,59). The Morgan fingerprint density at radius 3 is 1.36 bits per heavy atom. The van der Waals surface area contributed by atoms with Gasteiger partial charge in [-0.2, -0.15) is 0 Å². The van der Waals surface area contributed by atoms with Gasteiger partial charge < -0.3 is 51.9 Å². The third kappa shape index (κ3) is 21.4. The van der Waals surface area contributed by atoms with E-state index < -0.39 is 72.7 Å². The Hall–Kier alpha value is -5.91. The number of urea groups is 1. The summed E-state index contributed by atoms with van der Waals surface area (Å²) < 4.78 is 0. The van der Waals surface area contributed by atoms with Gasteiger partial charge in [0.2, 0.25) is 5.91 Å². The van der Waals surface area contributed by atoms with Crippen molar-refractivity contribution in [3.8, 4) is 0 Å². The molecule has 59 heavy (non-hydrogen) atoms. The van der Waals surface area contributed by atoms with Crippen LogP contribution >= 0.6 is 0 Å². The van der Waals surface area contributed by atoms with Gasteiger partial charge in [0.15, 0.2) is 0 Å². The highest BCUT2D eigenvalue weighted by atomic mass is 16.4. The fourth-order valence-corrected chi connectivity index (χ4v) is 5.94. The number of carboxylic acids is 6. The molecule has 10 N–H and O–H groups in total. The van der Waals surface area contributed by atoms with E-state index in [9.17, 15) is 68.7 Å². The largest absolute Gasteiger partial charge is 0.481 e. The molecule has 23 heteroatoms. The van der Waals surface area contributed by atoms with Crippen LogP contribution in [-0.2, 0) is 40.1 Å². The Morgan fingerprint density at radius 2 is 0.949 bits per heavy atom. The van der Waals surface area contributed by atoms with Crippen LogP contribution < -0.4 is 21.3 Å². The fraction of sp³-hybridized carbons (Fsp3) is 0.583. The number of carbonyl (C=O) groups excluding carboxylic acids is 3. The van der Waals surface area contributed by atoms with Crippen molar-refractivity contribution in [3.05, 3.63) is 35.4 Å². The van der Waals surface area contributed by atoms with Gasteiger partial charge in [-0.1, -0.05) is 12.1 Å². The minimum atomic E-state index is -1.53. The quantitative estimate of drug-likeness (QED) is 0.0520. The lowest BCUT2D eigenvalue weighted by Gasteiger charge is -2.32. The number of benzene rings is 1. The van der Waals surface area contributed by atoms with Crippen LogP contribution in [0.4, 0.5) is 4.79 Å². The SMILES string of the molecule is O=C(O)CCC(NC(=O)NC(CCCCNC(=O)c1ccc(CNC(=O)CN2CCN(CC(=O)O)CCN(CC(=O)O)CCN(CC(=O)O)CC2)cc1)C(=O)O)C(=O)O. The summed E-state index contributed by atoms with van der Waals surface area (Å²) in [6, 6.07) is 2.44. The first-order valence-electron chi connectivity index (χ1n) is 18.8. The topological polar surface area (TPSA) is 336 Å². The third-order valence-electron chi connectivity index (χ3n) is 9.14. The molecule has 2 unspecified atom stereocenters. The van der Waals surface area contributed by atoms with Crippen LogP contribution in [0.2, 0.25) is 0 Å². The Morgan fingerprint density at radius 1 is 0.525 bits per heavy atom. The molecule has 4 amide bonds. The molecule has 1 aromatic rings. The molecule has 0 spiro atoms. The number of hydrogen-bond acceptors (Lipinski definition) is 13. The average Bonchev–Trinajstić information content (AvgIpc) is 3.15. The number of aliphatic carboxylic acids is 6. The molecule has 1 heterocycles. The minimum absolute atomic E-state index is 0.0367. The van der Waals surface area contributed by atoms with Crippen LogP contribution in [-0.4, -0.2) is 201 Å². The molecule has 1 aliphatic heterocycles. The lowest BCUT2D eigenvalue weighted by atomic mass is 10.1. The first-order chi connectivity index (χ1) is 27.9. The van der Waals surface area contributed by atoms with E-state index in [1.54, 1.807) is 43.9 Å². The highest BCUT2D eigenvalue weighted by molar-refractivity contribution is 5.94. The molecule has 0 aromatic heterocycles. The van der Waals surface area contributed by atoms with E-state index in [-0.39, 0.29) is 110 Å². The van der Waals surface area contributed by atoms with Gasteiger partial charge in [-0.05, 0) is 43.4 Å². The Kier molecular flexibility index (Phi) is 21.8. The summed E-state index contributed by atoms with van der Waals surface area (Å²) in [4.78, 5) is 113. The van der Waals surface area contributed by atoms with E-state index in [1.807, 2.05) is 0 Å². The Balaban J connectivity index is 1.86. The summed E-state index contributed by atoms with van der Waals surface area (Å²) in [6.45, 7) is 1.46. The highest BCUT2D eigenvalue weighted by Crippen LogP contribution is 2.07. The van der Waals surface area contributed by atoms with Gasteiger partial charge in [0.05, 0.1) is 26.2 Å². The van der Waals surface area contributed by atoms with Gasteiger partial charge in [0.1, 0.15) is 12.1 Å². The third-order valence-corrected chi connectivity index (χ3v) is 9.14. The maximum absolute atomic E-state index is 13.0. The molecule has 0 radical (unpaired) electrons. The molecule has 2 atom stereocenters. The maximum atomic E-state index is 13.0. The van der Waals surface area contributed by atoms with Crippen LogP contribution in [0.3, 0.4) is 0 Å². The van der Waals surface area contributed by atoms with E-state index in [0.29, 0.717) is 17.5 Å². The first kappa shape index (κ1) is 49.2. The zero-order valence-corrected chi connectivity index (χ0v) is 32.5. The number of carboxylic acid groups (broad SMARTS) is 6. The van der Waals surface area contributed by atoms with E-state index in [1.165, 1.54) is 0 Å². The van der Waals surface area contributed by atoms with Crippen molar-refractivity contribution in [1.82, 2.24) is 40.9 Å². The molecule has 0 bridgehead atoms. The number of hydrogen-bond donors (Lipinski definition) is 10. The fourth-order valence-electron chi connectivity index (χ4n) is 5.94. The predicted octanol–water partition coefficient (Wildman–Crippen LogP) is -2.25. The lowest BCUT2D eigenvalue weighted by Crippen LogP contribution is -2.51. The van der Waals surface area contributed by atoms with Gasteiger partial charge in [0, 0.05) is 77.4 Å². The second kappa shape index (κ2) is 26.2. The molecular weight excluding hydrogens is 784 g/mol. The van der Waals surface area contributed by atoms with Crippen molar-refractivity contribution in [2.24, 2.45) is 0 Å². The number of nitrogens with zero attached hydrogens (tertiary/aromatic N) is 4.